The van der Waals surface area contributed by atoms with Crippen molar-refractivity contribution in [1.82, 2.24) is 0 Å². The van der Waals surface area contributed by atoms with Crippen LogP contribution in [0.4, 0.5) is 0 Å². The number of benzene rings is 1. The summed E-state index contributed by atoms with van der Waals surface area (Å²) in [4.78, 5) is 12.9. The van der Waals surface area contributed by atoms with E-state index >= 15 is 0 Å². The first-order valence-corrected chi connectivity index (χ1v) is 15.5. The number of halogens is 3. The highest BCUT2D eigenvalue weighted by atomic mass is 35.6. The Morgan fingerprint density at radius 3 is 2.15 bits per heavy atom. The maximum Gasteiger partial charge on any atom is 0.303 e. The molecule has 0 unspecified atom stereocenters. The lowest BCUT2D eigenvalue weighted by atomic mass is 10.0. The fourth-order valence-electron chi connectivity index (χ4n) is 3.04. The number of rotatable bonds is 6. The van der Waals surface area contributed by atoms with Gasteiger partial charge in [0.1, 0.15) is 11.4 Å². The average molecular weight is 557 g/mol. The first-order chi connectivity index (χ1) is 15.0. The highest BCUT2D eigenvalue weighted by molar-refractivity contribution is 8.00. The van der Waals surface area contributed by atoms with E-state index in [1.165, 1.54) is 18.7 Å². The molecule has 0 radical (unpaired) electrons. The molecule has 1 aromatic rings. The monoisotopic (exact) mass is 555 g/mol. The fourth-order valence-corrected chi connectivity index (χ4v) is 5.79. The van der Waals surface area contributed by atoms with Crippen molar-refractivity contribution < 1.29 is 23.4 Å². The molecular weight excluding hydrogens is 525 g/mol. The molecule has 1 aliphatic rings. The van der Waals surface area contributed by atoms with E-state index in [1.54, 1.807) is 6.92 Å². The van der Waals surface area contributed by atoms with Crippen LogP contribution < -0.4 is 0 Å². The molecule has 2 rings (SSSR count). The summed E-state index contributed by atoms with van der Waals surface area (Å²) in [7, 11) is -2.33. The quantitative estimate of drug-likeness (QED) is 0.140. The number of thioether (sulfide) groups is 1. The maximum atomic E-state index is 12.0. The van der Waals surface area contributed by atoms with Crippen molar-refractivity contribution in [2.24, 2.45) is 0 Å². The second kappa shape index (κ2) is 11.1. The van der Waals surface area contributed by atoms with E-state index in [1.807, 2.05) is 30.3 Å². The van der Waals surface area contributed by atoms with Gasteiger partial charge in [-0.3, -0.25) is 10.2 Å². The van der Waals surface area contributed by atoms with Crippen LogP contribution in [-0.4, -0.2) is 53.8 Å². The third kappa shape index (κ3) is 7.75. The van der Waals surface area contributed by atoms with Crippen LogP contribution in [0.2, 0.25) is 18.1 Å². The van der Waals surface area contributed by atoms with Gasteiger partial charge in [-0.2, -0.15) is 0 Å². The predicted molar refractivity (Wildman–Crippen MR) is 137 cm³/mol. The van der Waals surface area contributed by atoms with E-state index < -0.39 is 53.8 Å². The van der Waals surface area contributed by atoms with Crippen LogP contribution in [0, 0.1) is 5.41 Å². The Hall–Kier alpha value is -0.483. The van der Waals surface area contributed by atoms with Gasteiger partial charge in [0.25, 0.3) is 3.79 Å². The molecule has 1 aliphatic heterocycles. The van der Waals surface area contributed by atoms with Gasteiger partial charge in [-0.1, -0.05) is 73.8 Å². The minimum atomic E-state index is -2.33. The summed E-state index contributed by atoms with van der Waals surface area (Å²) in [6.07, 6.45) is -2.82. The summed E-state index contributed by atoms with van der Waals surface area (Å²) in [5.41, 5.74) is 0. The van der Waals surface area contributed by atoms with Crippen molar-refractivity contribution in [1.29, 1.82) is 5.41 Å². The van der Waals surface area contributed by atoms with Crippen molar-refractivity contribution in [2.45, 2.75) is 91.3 Å². The molecule has 11 heteroatoms. The summed E-state index contributed by atoms with van der Waals surface area (Å²) in [6, 6.07) is 9.65. The molecule has 0 aromatic heterocycles. The molecule has 1 aromatic carbocycles. The van der Waals surface area contributed by atoms with Crippen LogP contribution in [0.25, 0.3) is 0 Å². The van der Waals surface area contributed by atoms with Crippen LogP contribution >= 0.6 is 46.6 Å². The van der Waals surface area contributed by atoms with Crippen LogP contribution in [-0.2, 0) is 23.4 Å². The maximum absolute atomic E-state index is 12.0. The number of hydrogen-bond donors (Lipinski definition) is 1. The van der Waals surface area contributed by atoms with Crippen LogP contribution in [0.1, 0.15) is 34.6 Å². The number of carbonyl (C=O) groups is 1. The molecule has 0 bridgehead atoms. The first kappa shape index (κ1) is 28.8. The van der Waals surface area contributed by atoms with E-state index in [0.717, 1.165) is 4.90 Å². The zero-order chi connectivity index (χ0) is 25.2. The number of alkyl halides is 3. The van der Waals surface area contributed by atoms with E-state index in [-0.39, 0.29) is 5.04 Å². The Morgan fingerprint density at radius 2 is 1.67 bits per heavy atom. The molecule has 0 aliphatic carbocycles. The van der Waals surface area contributed by atoms with Crippen molar-refractivity contribution in [3.63, 3.8) is 0 Å². The van der Waals surface area contributed by atoms with Crippen molar-refractivity contribution >= 4 is 66.7 Å². The molecule has 1 fully saturated rings. The Bertz CT molecular complexity index is 832. The lowest BCUT2D eigenvalue weighted by Crippen LogP contribution is -2.62. The summed E-state index contributed by atoms with van der Waals surface area (Å²) < 4.78 is 22.3. The molecule has 1 saturated heterocycles. The fraction of sp³-hybridized carbons (Fsp3) is 0.636. The minimum absolute atomic E-state index is 0.0993. The zero-order valence-electron chi connectivity index (χ0n) is 19.9. The van der Waals surface area contributed by atoms with E-state index in [4.69, 9.17) is 58.8 Å². The van der Waals surface area contributed by atoms with Gasteiger partial charge in [0.2, 0.25) is 12.2 Å². The Kier molecular flexibility index (Phi) is 9.64. The van der Waals surface area contributed by atoms with Gasteiger partial charge in [-0.05, 0) is 37.2 Å². The van der Waals surface area contributed by atoms with Gasteiger partial charge < -0.3 is 18.6 Å². The molecule has 1 heterocycles. The highest BCUT2D eigenvalue weighted by Crippen LogP contribution is 2.44. The Morgan fingerprint density at radius 1 is 1.09 bits per heavy atom. The number of nitrogens with one attached hydrogen (secondary N) is 1. The van der Waals surface area contributed by atoms with Gasteiger partial charge in [0.05, 0.1) is 6.10 Å². The SMILES string of the molecule is CC(=O)O[C@H]1[C@H](O[Si](C)(C)C(C)(C)C)[C@@H](Sc2ccccc2)[C@@H](OC(=N)C(Cl)(Cl)Cl)O[C@@H]1C. The Labute approximate surface area is 216 Å². The number of ether oxygens (including phenoxy) is 3. The first-order valence-electron chi connectivity index (χ1n) is 10.6. The van der Waals surface area contributed by atoms with E-state index in [0.29, 0.717) is 0 Å². The van der Waals surface area contributed by atoms with Crippen LogP contribution in [0.5, 0.6) is 0 Å². The summed E-state index contributed by atoms with van der Waals surface area (Å²) >= 11 is 19.1. The van der Waals surface area contributed by atoms with Gasteiger partial charge in [-0.25, -0.2) is 0 Å². The summed E-state index contributed by atoms with van der Waals surface area (Å²) in [5, 5.41) is 7.48. The van der Waals surface area contributed by atoms with Gasteiger partial charge in [0.15, 0.2) is 14.4 Å². The highest BCUT2D eigenvalue weighted by Gasteiger charge is 2.53. The van der Waals surface area contributed by atoms with E-state index in [2.05, 4.69) is 33.9 Å². The Balaban J connectivity index is 2.53. The topological polar surface area (TPSA) is 77.8 Å². The standard InChI is InChI=1S/C22H32Cl3NO5SSi/c1-13-16(29-14(2)27)17(31-33(6,7)21(3,4)5)18(32-15-11-9-8-10-12-15)19(28-13)30-20(26)22(23,24)25/h8-13,16-19,26H,1-7H3/t13-,16-,17+,18-,19-/m1/s1. The van der Waals surface area contributed by atoms with Gasteiger partial charge in [-0.15, -0.1) is 11.8 Å². The third-order valence-electron chi connectivity index (χ3n) is 5.77. The molecular formula is C22H32Cl3NO5SSi. The molecule has 0 spiro atoms. The van der Waals surface area contributed by atoms with Gasteiger partial charge in [0, 0.05) is 11.8 Å². The van der Waals surface area contributed by atoms with Crippen molar-refractivity contribution in [2.75, 3.05) is 0 Å². The van der Waals surface area contributed by atoms with Crippen LogP contribution in [0.15, 0.2) is 35.2 Å². The molecule has 6 nitrogen and oxygen atoms in total. The number of carbonyl (C=O) groups excluding carboxylic acids is 1. The second-order valence-electron chi connectivity index (χ2n) is 9.47. The predicted octanol–water partition coefficient (Wildman–Crippen LogP) is 6.58. The summed E-state index contributed by atoms with van der Waals surface area (Å²) in [5.74, 6) is -0.989. The van der Waals surface area contributed by atoms with E-state index in [9.17, 15) is 4.79 Å². The van der Waals surface area contributed by atoms with Crippen LogP contribution in [0.3, 0.4) is 0 Å². The lowest BCUT2D eigenvalue weighted by Gasteiger charge is -2.49. The molecule has 1 N–H and O–H groups in total. The smallest absolute Gasteiger partial charge is 0.303 e. The molecule has 186 valence electrons. The molecule has 33 heavy (non-hydrogen) atoms. The van der Waals surface area contributed by atoms with Crippen molar-refractivity contribution in [3.05, 3.63) is 30.3 Å². The normalized spacial score (nSPS) is 26.5. The molecule has 0 saturated carbocycles. The number of hydrogen-bond acceptors (Lipinski definition) is 7. The second-order valence-corrected chi connectivity index (χ2v) is 17.8. The summed E-state index contributed by atoms with van der Waals surface area (Å²) in [6.45, 7) is 13.8. The van der Waals surface area contributed by atoms with Crippen molar-refractivity contribution in [3.8, 4) is 0 Å². The number of esters is 1. The molecule has 5 atom stereocenters. The zero-order valence-corrected chi connectivity index (χ0v) is 23.9. The largest absolute Gasteiger partial charge is 0.457 e. The average Bonchev–Trinajstić information content (AvgIpc) is 2.66. The molecule has 0 amide bonds. The third-order valence-corrected chi connectivity index (χ3v) is 12.1. The van der Waals surface area contributed by atoms with Gasteiger partial charge >= 0.3 is 5.97 Å². The minimum Gasteiger partial charge on any atom is -0.457 e. The lowest BCUT2D eigenvalue weighted by molar-refractivity contribution is -0.224.